The van der Waals surface area contributed by atoms with Crippen LogP contribution in [0.4, 0.5) is 5.69 Å². The monoisotopic (exact) mass is 359 g/mol. The molecule has 0 spiro atoms. The molecule has 0 bridgehead atoms. The number of nitrogens with zero attached hydrogens (tertiary/aromatic N) is 2. The third-order valence-corrected chi connectivity index (χ3v) is 5.27. The Morgan fingerprint density at radius 2 is 2.15 bits per heavy atom. The van der Waals surface area contributed by atoms with Crippen LogP contribution in [0.1, 0.15) is 39.0 Å². The number of para-hydroxylation sites is 2. The zero-order valence-corrected chi connectivity index (χ0v) is 15.6. The lowest BCUT2D eigenvalue weighted by Gasteiger charge is -2.35. The number of hydrogen-bond donors (Lipinski definition) is 1. The zero-order chi connectivity index (χ0) is 18.4. The summed E-state index contributed by atoms with van der Waals surface area (Å²) in [4.78, 5) is 28.5. The van der Waals surface area contributed by atoms with Crippen molar-refractivity contribution in [1.82, 2.24) is 10.2 Å². The van der Waals surface area contributed by atoms with E-state index in [1.165, 1.54) is 37.1 Å². The molecule has 3 rings (SSSR count). The number of rotatable bonds is 7. The fourth-order valence-electron chi connectivity index (χ4n) is 3.85. The molecule has 1 N–H and O–H groups in total. The van der Waals surface area contributed by atoms with Crippen molar-refractivity contribution in [2.45, 2.75) is 45.1 Å². The quantitative estimate of drug-likeness (QED) is 0.758. The van der Waals surface area contributed by atoms with Gasteiger partial charge in [-0.3, -0.25) is 14.5 Å². The number of anilines is 1. The molecule has 0 radical (unpaired) electrons. The second kappa shape index (κ2) is 9.03. The minimum absolute atomic E-state index is 0.0162. The van der Waals surface area contributed by atoms with Crippen molar-refractivity contribution in [2.24, 2.45) is 0 Å². The molecule has 0 aliphatic carbocycles. The maximum absolute atomic E-state index is 12.3. The van der Waals surface area contributed by atoms with E-state index < -0.39 is 0 Å². The van der Waals surface area contributed by atoms with Crippen LogP contribution in [-0.2, 0) is 9.59 Å². The van der Waals surface area contributed by atoms with Gasteiger partial charge < -0.3 is 15.0 Å². The molecule has 6 nitrogen and oxygen atoms in total. The number of amides is 2. The van der Waals surface area contributed by atoms with Gasteiger partial charge in [-0.15, -0.1) is 0 Å². The Morgan fingerprint density at radius 1 is 1.31 bits per heavy atom. The first-order valence-electron chi connectivity index (χ1n) is 9.72. The van der Waals surface area contributed by atoms with Gasteiger partial charge in [0.2, 0.25) is 5.91 Å². The van der Waals surface area contributed by atoms with Gasteiger partial charge in [0.15, 0.2) is 6.61 Å². The molecule has 2 heterocycles. The van der Waals surface area contributed by atoms with Crippen molar-refractivity contribution in [3.8, 4) is 5.75 Å². The van der Waals surface area contributed by atoms with Crippen molar-refractivity contribution in [3.05, 3.63) is 24.3 Å². The molecule has 6 heteroatoms. The fourth-order valence-corrected chi connectivity index (χ4v) is 3.85. The Hall–Kier alpha value is -2.08. The molecular formula is C20H29N3O3. The van der Waals surface area contributed by atoms with E-state index in [-0.39, 0.29) is 25.0 Å². The van der Waals surface area contributed by atoms with Crippen LogP contribution >= 0.6 is 0 Å². The molecule has 1 saturated heterocycles. The predicted octanol–water partition coefficient (Wildman–Crippen LogP) is 2.18. The Morgan fingerprint density at radius 3 is 3.00 bits per heavy atom. The van der Waals surface area contributed by atoms with Gasteiger partial charge in [-0.1, -0.05) is 25.5 Å². The Labute approximate surface area is 155 Å². The van der Waals surface area contributed by atoms with E-state index in [0.717, 1.165) is 13.0 Å². The third kappa shape index (κ3) is 4.55. The maximum atomic E-state index is 12.3. The van der Waals surface area contributed by atoms with Crippen LogP contribution in [0.5, 0.6) is 5.75 Å². The summed E-state index contributed by atoms with van der Waals surface area (Å²) >= 11 is 0. The number of benzene rings is 1. The molecule has 1 aromatic carbocycles. The van der Waals surface area contributed by atoms with Crippen molar-refractivity contribution >= 4 is 17.5 Å². The van der Waals surface area contributed by atoms with Gasteiger partial charge in [-0.05, 0) is 44.4 Å². The average molecular weight is 359 g/mol. The van der Waals surface area contributed by atoms with E-state index in [0.29, 0.717) is 24.0 Å². The van der Waals surface area contributed by atoms with Crippen LogP contribution in [0, 0.1) is 0 Å². The molecule has 0 saturated carbocycles. The molecule has 2 aliphatic heterocycles. The summed E-state index contributed by atoms with van der Waals surface area (Å²) in [6.45, 7) is 5.12. The molecule has 1 fully saturated rings. The predicted molar refractivity (Wildman–Crippen MR) is 101 cm³/mol. The highest BCUT2D eigenvalue weighted by atomic mass is 16.5. The van der Waals surface area contributed by atoms with Crippen molar-refractivity contribution < 1.29 is 14.3 Å². The highest BCUT2D eigenvalue weighted by molar-refractivity contribution is 6.02. The normalized spacial score (nSPS) is 20.4. The van der Waals surface area contributed by atoms with Gasteiger partial charge in [-0.25, -0.2) is 0 Å². The second-order valence-corrected chi connectivity index (χ2v) is 7.03. The van der Waals surface area contributed by atoms with Crippen LogP contribution in [0.25, 0.3) is 0 Å². The number of fused-ring (bicyclic) bond motifs is 1. The van der Waals surface area contributed by atoms with E-state index in [4.69, 9.17) is 4.74 Å². The third-order valence-electron chi connectivity index (χ3n) is 5.27. The number of hydrogen-bond acceptors (Lipinski definition) is 4. The van der Waals surface area contributed by atoms with Crippen LogP contribution < -0.4 is 15.0 Å². The Bertz CT molecular complexity index is 634. The smallest absolute Gasteiger partial charge is 0.265 e. The first-order valence-corrected chi connectivity index (χ1v) is 9.72. The summed E-state index contributed by atoms with van der Waals surface area (Å²) in [5.74, 6) is 0.342. The highest BCUT2D eigenvalue weighted by Crippen LogP contribution is 2.31. The van der Waals surface area contributed by atoms with Crippen molar-refractivity contribution in [2.75, 3.05) is 37.7 Å². The zero-order valence-electron chi connectivity index (χ0n) is 15.6. The molecule has 1 atom stereocenters. The summed E-state index contributed by atoms with van der Waals surface area (Å²) in [7, 11) is 0. The standard InChI is InChI=1S/C20H29N3O3/c1-2-16-8-5-6-12-22(16)13-7-11-21-19(24)14-23-17-9-3-4-10-18(17)26-15-20(23)25/h3-4,9-10,16H,2,5-8,11-15H2,1H3,(H,21,24)/t16-/m1/s1. The summed E-state index contributed by atoms with van der Waals surface area (Å²) < 4.78 is 5.41. The topological polar surface area (TPSA) is 61.9 Å². The maximum Gasteiger partial charge on any atom is 0.265 e. The molecular weight excluding hydrogens is 330 g/mol. The summed E-state index contributed by atoms with van der Waals surface area (Å²) in [5.41, 5.74) is 0.665. The van der Waals surface area contributed by atoms with E-state index in [2.05, 4.69) is 17.1 Å². The van der Waals surface area contributed by atoms with Gasteiger partial charge in [0, 0.05) is 19.1 Å². The minimum Gasteiger partial charge on any atom is -0.482 e. The number of likely N-dealkylation sites (tertiary alicyclic amines) is 1. The van der Waals surface area contributed by atoms with E-state index in [1.54, 1.807) is 6.07 Å². The van der Waals surface area contributed by atoms with Crippen molar-refractivity contribution in [1.29, 1.82) is 0 Å². The van der Waals surface area contributed by atoms with E-state index >= 15 is 0 Å². The molecule has 26 heavy (non-hydrogen) atoms. The van der Waals surface area contributed by atoms with Crippen LogP contribution in [0.3, 0.4) is 0 Å². The first kappa shape index (κ1) is 18.7. The van der Waals surface area contributed by atoms with Crippen LogP contribution in [0.2, 0.25) is 0 Å². The fraction of sp³-hybridized carbons (Fsp3) is 0.600. The Balaban J connectivity index is 1.44. The van der Waals surface area contributed by atoms with Gasteiger partial charge in [0.1, 0.15) is 12.3 Å². The molecule has 0 unspecified atom stereocenters. The number of piperidine rings is 1. The number of nitrogens with one attached hydrogen (secondary N) is 1. The average Bonchev–Trinajstić information content (AvgIpc) is 2.68. The number of carbonyl (C=O) groups excluding carboxylic acids is 2. The lowest BCUT2D eigenvalue weighted by Crippen LogP contribution is -2.45. The number of ether oxygens (including phenoxy) is 1. The lowest BCUT2D eigenvalue weighted by atomic mass is 10.00. The molecule has 142 valence electrons. The molecule has 0 aromatic heterocycles. The summed E-state index contributed by atoms with van der Waals surface area (Å²) in [6.07, 6.45) is 6.05. The van der Waals surface area contributed by atoms with E-state index in [1.807, 2.05) is 18.2 Å². The molecule has 2 aliphatic rings. The summed E-state index contributed by atoms with van der Waals surface area (Å²) in [5, 5.41) is 2.95. The van der Waals surface area contributed by atoms with Crippen LogP contribution in [-0.4, -0.2) is 55.5 Å². The highest BCUT2D eigenvalue weighted by Gasteiger charge is 2.27. The lowest BCUT2D eigenvalue weighted by molar-refractivity contribution is -0.125. The van der Waals surface area contributed by atoms with Gasteiger partial charge in [0.25, 0.3) is 5.91 Å². The Kier molecular flexibility index (Phi) is 6.50. The van der Waals surface area contributed by atoms with E-state index in [9.17, 15) is 9.59 Å². The molecule has 2 amide bonds. The SMILES string of the molecule is CC[C@@H]1CCCCN1CCCNC(=O)CN1C(=O)COc2ccccc21. The second-order valence-electron chi connectivity index (χ2n) is 7.03. The minimum atomic E-state index is -0.182. The number of carbonyl (C=O) groups is 2. The van der Waals surface area contributed by atoms with Gasteiger partial charge in [0.05, 0.1) is 5.69 Å². The first-order chi connectivity index (χ1) is 12.7. The van der Waals surface area contributed by atoms with Gasteiger partial charge >= 0.3 is 0 Å². The van der Waals surface area contributed by atoms with Gasteiger partial charge in [-0.2, -0.15) is 0 Å². The largest absolute Gasteiger partial charge is 0.482 e. The van der Waals surface area contributed by atoms with Crippen molar-refractivity contribution in [3.63, 3.8) is 0 Å². The van der Waals surface area contributed by atoms with Crippen LogP contribution in [0.15, 0.2) is 24.3 Å². The molecule has 1 aromatic rings. The summed E-state index contributed by atoms with van der Waals surface area (Å²) in [6, 6.07) is 8.02.